The van der Waals surface area contributed by atoms with Crippen LogP contribution in [0, 0.1) is 0 Å². The van der Waals surface area contributed by atoms with E-state index < -0.39 is 0 Å². The Morgan fingerprint density at radius 2 is 1.72 bits per heavy atom. The molecule has 1 aliphatic rings. The fourth-order valence-corrected chi connectivity index (χ4v) is 3.83. The third-order valence-corrected chi connectivity index (χ3v) is 5.42. The van der Waals surface area contributed by atoms with Crippen LogP contribution in [-0.2, 0) is 6.42 Å². The molecule has 0 saturated carbocycles. The topological polar surface area (TPSA) is 47.6 Å². The zero-order chi connectivity index (χ0) is 20.1. The van der Waals surface area contributed by atoms with Gasteiger partial charge in [-0.05, 0) is 54.3 Å². The summed E-state index contributed by atoms with van der Waals surface area (Å²) in [5, 5.41) is 3.20. The van der Waals surface area contributed by atoms with E-state index in [0.717, 1.165) is 34.4 Å². The maximum atomic E-state index is 12.9. The van der Waals surface area contributed by atoms with Crippen LogP contribution in [0.3, 0.4) is 0 Å². The lowest BCUT2D eigenvalue weighted by atomic mass is 9.98. The normalized spacial score (nSPS) is 13.6. The van der Waals surface area contributed by atoms with E-state index in [4.69, 9.17) is 9.47 Å². The lowest BCUT2D eigenvalue weighted by Crippen LogP contribution is -2.29. The highest BCUT2D eigenvalue weighted by atomic mass is 79.9. The van der Waals surface area contributed by atoms with Gasteiger partial charge in [0.05, 0.1) is 6.04 Å². The summed E-state index contributed by atoms with van der Waals surface area (Å²) < 4.78 is 12.3. The summed E-state index contributed by atoms with van der Waals surface area (Å²) in [5.41, 5.74) is 2.88. The number of carbonyl (C=O) groups is 1. The lowest BCUT2D eigenvalue weighted by Gasteiger charge is -2.23. The Morgan fingerprint density at radius 3 is 2.52 bits per heavy atom. The summed E-state index contributed by atoms with van der Waals surface area (Å²) in [5.74, 6) is 1.38. The van der Waals surface area contributed by atoms with E-state index >= 15 is 0 Å². The second-order valence-electron chi connectivity index (χ2n) is 6.96. The lowest BCUT2D eigenvalue weighted by molar-refractivity contribution is 0.0934. The Kier molecular flexibility index (Phi) is 6.15. The van der Waals surface area contributed by atoms with Crippen LogP contribution in [-0.4, -0.2) is 19.1 Å². The monoisotopic (exact) mass is 451 g/mol. The molecule has 0 aromatic heterocycles. The number of fused-ring (bicyclic) bond motifs is 1. The minimum atomic E-state index is -0.141. The minimum absolute atomic E-state index is 0.0979. The van der Waals surface area contributed by atoms with E-state index in [-0.39, 0.29) is 11.9 Å². The molecular weight excluding hydrogens is 430 g/mol. The molecule has 0 spiro atoms. The second-order valence-corrected chi connectivity index (χ2v) is 7.88. The highest BCUT2D eigenvalue weighted by Gasteiger charge is 2.20. The minimum Gasteiger partial charge on any atom is -0.486 e. The molecule has 29 heavy (non-hydrogen) atoms. The molecule has 0 aliphatic carbocycles. The summed E-state index contributed by atoms with van der Waals surface area (Å²) in [6, 6.07) is 23.5. The number of hydrogen-bond donors (Lipinski definition) is 1. The molecule has 0 saturated heterocycles. The van der Waals surface area contributed by atoms with E-state index in [1.807, 2.05) is 60.7 Å². The van der Waals surface area contributed by atoms with Crippen LogP contribution in [0.2, 0.25) is 0 Å². The maximum absolute atomic E-state index is 12.9. The smallest absolute Gasteiger partial charge is 0.251 e. The fourth-order valence-electron chi connectivity index (χ4n) is 3.43. The SMILES string of the molecule is O=C(N[C@H](CCc1ccccc1)c1ccc2c(c1)OCCO2)c1cccc(Br)c1. The molecule has 3 aromatic rings. The molecule has 0 radical (unpaired) electrons. The van der Waals surface area contributed by atoms with Crippen molar-refractivity contribution in [2.45, 2.75) is 18.9 Å². The van der Waals surface area contributed by atoms with Gasteiger partial charge in [0.2, 0.25) is 0 Å². The molecule has 1 heterocycles. The van der Waals surface area contributed by atoms with Gasteiger partial charge >= 0.3 is 0 Å². The number of nitrogens with one attached hydrogen (secondary N) is 1. The van der Waals surface area contributed by atoms with Gasteiger partial charge in [-0.25, -0.2) is 0 Å². The number of carbonyl (C=O) groups excluding carboxylic acids is 1. The van der Waals surface area contributed by atoms with Crippen molar-refractivity contribution in [1.29, 1.82) is 0 Å². The largest absolute Gasteiger partial charge is 0.486 e. The van der Waals surface area contributed by atoms with Gasteiger partial charge < -0.3 is 14.8 Å². The van der Waals surface area contributed by atoms with Crippen molar-refractivity contribution in [3.63, 3.8) is 0 Å². The van der Waals surface area contributed by atoms with Crippen LogP contribution in [0.15, 0.2) is 77.3 Å². The van der Waals surface area contributed by atoms with Crippen molar-refractivity contribution >= 4 is 21.8 Å². The summed E-state index contributed by atoms with van der Waals surface area (Å²) in [6.45, 7) is 1.10. The van der Waals surface area contributed by atoms with Crippen LogP contribution in [0.4, 0.5) is 0 Å². The number of ether oxygens (including phenoxy) is 2. The first-order chi connectivity index (χ1) is 14.2. The Morgan fingerprint density at radius 1 is 0.931 bits per heavy atom. The van der Waals surface area contributed by atoms with Crippen molar-refractivity contribution < 1.29 is 14.3 Å². The molecular formula is C24H22BrNO3. The fraction of sp³-hybridized carbons (Fsp3) is 0.208. The van der Waals surface area contributed by atoms with Crippen LogP contribution in [0.5, 0.6) is 11.5 Å². The van der Waals surface area contributed by atoms with Gasteiger partial charge in [-0.15, -0.1) is 0 Å². The molecule has 0 unspecified atom stereocenters. The van der Waals surface area contributed by atoms with E-state index in [2.05, 4.69) is 33.4 Å². The Hall–Kier alpha value is -2.79. The van der Waals surface area contributed by atoms with Crippen molar-refractivity contribution in [2.24, 2.45) is 0 Å². The Labute approximate surface area is 179 Å². The number of hydrogen-bond acceptors (Lipinski definition) is 3. The molecule has 1 N–H and O–H groups in total. The van der Waals surface area contributed by atoms with Gasteiger partial charge in [0.15, 0.2) is 11.5 Å². The first-order valence-corrected chi connectivity index (χ1v) is 10.5. The van der Waals surface area contributed by atoms with Gasteiger partial charge in [-0.1, -0.05) is 58.4 Å². The number of rotatable bonds is 6. The highest BCUT2D eigenvalue weighted by Crippen LogP contribution is 2.34. The quantitative estimate of drug-likeness (QED) is 0.551. The van der Waals surface area contributed by atoms with Gasteiger partial charge in [0, 0.05) is 10.0 Å². The Bertz CT molecular complexity index is 990. The number of amides is 1. The van der Waals surface area contributed by atoms with Gasteiger partial charge in [-0.2, -0.15) is 0 Å². The molecule has 4 nitrogen and oxygen atoms in total. The molecule has 0 bridgehead atoms. The second kappa shape index (κ2) is 9.14. The van der Waals surface area contributed by atoms with E-state index in [1.165, 1.54) is 5.56 Å². The Balaban J connectivity index is 1.57. The molecule has 148 valence electrons. The van der Waals surface area contributed by atoms with E-state index in [1.54, 1.807) is 0 Å². The highest BCUT2D eigenvalue weighted by molar-refractivity contribution is 9.10. The van der Waals surface area contributed by atoms with Crippen LogP contribution >= 0.6 is 15.9 Å². The number of benzene rings is 3. The van der Waals surface area contributed by atoms with Gasteiger partial charge in [0.25, 0.3) is 5.91 Å². The molecule has 0 fully saturated rings. The predicted molar refractivity (Wildman–Crippen MR) is 117 cm³/mol. The molecule has 1 aliphatic heterocycles. The third kappa shape index (κ3) is 4.98. The van der Waals surface area contributed by atoms with E-state index in [9.17, 15) is 4.79 Å². The maximum Gasteiger partial charge on any atom is 0.251 e. The van der Waals surface area contributed by atoms with Crippen molar-refractivity contribution in [3.05, 3.63) is 94.0 Å². The molecule has 5 heteroatoms. The molecule has 1 atom stereocenters. The van der Waals surface area contributed by atoms with Crippen molar-refractivity contribution in [1.82, 2.24) is 5.32 Å². The summed E-state index contributed by atoms with van der Waals surface area (Å²) in [7, 11) is 0. The standard InChI is InChI=1S/C24H22BrNO3/c25-20-8-4-7-19(15-20)24(27)26-21(11-9-17-5-2-1-3-6-17)18-10-12-22-23(16-18)29-14-13-28-22/h1-8,10,12,15-16,21H,9,11,13-14H2,(H,26,27)/t21-/m1/s1. The number of halogens is 1. The first-order valence-electron chi connectivity index (χ1n) is 9.69. The summed E-state index contributed by atoms with van der Waals surface area (Å²) in [4.78, 5) is 12.9. The van der Waals surface area contributed by atoms with Crippen LogP contribution in [0.25, 0.3) is 0 Å². The molecule has 3 aromatic carbocycles. The van der Waals surface area contributed by atoms with Gasteiger partial charge in [-0.3, -0.25) is 4.79 Å². The number of aryl methyl sites for hydroxylation is 1. The van der Waals surface area contributed by atoms with Crippen LogP contribution < -0.4 is 14.8 Å². The average molecular weight is 452 g/mol. The van der Waals surface area contributed by atoms with E-state index in [0.29, 0.717) is 18.8 Å². The average Bonchev–Trinajstić information content (AvgIpc) is 2.77. The summed E-state index contributed by atoms with van der Waals surface area (Å²) in [6.07, 6.45) is 1.64. The first kappa shape index (κ1) is 19.5. The molecule has 4 rings (SSSR count). The molecule has 1 amide bonds. The zero-order valence-electron chi connectivity index (χ0n) is 15.9. The van der Waals surface area contributed by atoms with Crippen molar-refractivity contribution in [2.75, 3.05) is 13.2 Å². The third-order valence-electron chi connectivity index (χ3n) is 4.93. The van der Waals surface area contributed by atoms with Gasteiger partial charge in [0.1, 0.15) is 13.2 Å². The van der Waals surface area contributed by atoms with Crippen molar-refractivity contribution in [3.8, 4) is 11.5 Å². The zero-order valence-corrected chi connectivity index (χ0v) is 17.5. The predicted octanol–water partition coefficient (Wildman–Crippen LogP) is 5.32. The summed E-state index contributed by atoms with van der Waals surface area (Å²) >= 11 is 3.43. The van der Waals surface area contributed by atoms with Crippen LogP contribution in [0.1, 0.15) is 33.9 Å².